The van der Waals surface area contributed by atoms with E-state index in [9.17, 15) is 0 Å². The molecule has 0 saturated heterocycles. The van der Waals surface area contributed by atoms with Crippen molar-refractivity contribution in [2.24, 2.45) is 16.7 Å². The van der Waals surface area contributed by atoms with Gasteiger partial charge in [-0.1, -0.05) is 32.4 Å². The quantitative estimate of drug-likeness (QED) is 0.651. The summed E-state index contributed by atoms with van der Waals surface area (Å²) in [6.07, 6.45) is 6.72. The summed E-state index contributed by atoms with van der Waals surface area (Å²) < 4.78 is 6.11. The number of ether oxygens (including phenoxy) is 1. The van der Waals surface area contributed by atoms with Crippen LogP contribution in [0.5, 0.6) is 0 Å². The zero-order valence-electron chi connectivity index (χ0n) is 11.5. The number of fused-ring (bicyclic) bond motifs is 2. The molecule has 2 bridgehead atoms. The zero-order valence-corrected chi connectivity index (χ0v) is 11.5. The third-order valence-electron chi connectivity index (χ3n) is 5.50. The van der Waals surface area contributed by atoms with Crippen molar-refractivity contribution in [3.05, 3.63) is 11.6 Å². The normalized spacial score (nSPS) is 40.1. The molecule has 2 fully saturated rings. The minimum Gasteiger partial charge on any atom is -0.374 e. The summed E-state index contributed by atoms with van der Waals surface area (Å²) in [6, 6.07) is 0. The molecule has 2 aliphatic rings. The highest BCUT2D eigenvalue weighted by Gasteiger charge is 2.61. The molecule has 1 heteroatoms. The third-order valence-corrected chi connectivity index (χ3v) is 5.50. The fourth-order valence-electron chi connectivity index (χ4n) is 3.71. The summed E-state index contributed by atoms with van der Waals surface area (Å²) in [6.45, 7) is 12.4. The summed E-state index contributed by atoms with van der Waals surface area (Å²) in [5.74, 6) is 0.884. The molecule has 92 valence electrons. The monoisotopic (exact) mass is 222 g/mol. The Labute approximate surface area is 100 Å². The second-order valence-electron chi connectivity index (χ2n) is 6.71. The van der Waals surface area contributed by atoms with E-state index in [4.69, 9.17) is 4.74 Å². The van der Waals surface area contributed by atoms with Gasteiger partial charge in [-0.15, -0.1) is 0 Å². The summed E-state index contributed by atoms with van der Waals surface area (Å²) >= 11 is 0. The predicted octanol–water partition coefficient (Wildman–Crippen LogP) is 4.18. The van der Waals surface area contributed by atoms with Gasteiger partial charge in [-0.25, -0.2) is 0 Å². The average Bonchev–Trinajstić information content (AvgIpc) is 2.49. The highest BCUT2D eigenvalue weighted by molar-refractivity contribution is 5.11. The Morgan fingerprint density at radius 2 is 2.00 bits per heavy atom. The van der Waals surface area contributed by atoms with Crippen LogP contribution >= 0.6 is 0 Å². The molecule has 0 radical (unpaired) electrons. The Bertz CT molecular complexity index is 299. The van der Waals surface area contributed by atoms with Gasteiger partial charge in [0.1, 0.15) is 0 Å². The molecule has 3 atom stereocenters. The Morgan fingerprint density at radius 1 is 1.31 bits per heavy atom. The van der Waals surface area contributed by atoms with Crippen LogP contribution in [0.15, 0.2) is 11.6 Å². The van der Waals surface area contributed by atoms with E-state index in [2.05, 4.69) is 40.7 Å². The maximum atomic E-state index is 6.11. The van der Waals surface area contributed by atoms with Gasteiger partial charge in [-0.05, 0) is 49.9 Å². The zero-order chi connectivity index (χ0) is 12.0. The molecule has 0 aromatic rings. The molecule has 0 unspecified atom stereocenters. The minimum absolute atomic E-state index is 0.410. The maximum absolute atomic E-state index is 6.11. The van der Waals surface area contributed by atoms with Crippen LogP contribution in [0.2, 0.25) is 0 Å². The van der Waals surface area contributed by atoms with E-state index in [1.54, 1.807) is 0 Å². The molecule has 0 amide bonds. The Morgan fingerprint density at radius 3 is 2.44 bits per heavy atom. The maximum Gasteiger partial charge on any atom is 0.0653 e. The van der Waals surface area contributed by atoms with Crippen LogP contribution in [0.1, 0.15) is 53.9 Å². The van der Waals surface area contributed by atoms with Crippen molar-refractivity contribution >= 4 is 0 Å². The minimum atomic E-state index is 0.410. The lowest BCUT2D eigenvalue weighted by Gasteiger charge is -2.38. The van der Waals surface area contributed by atoms with E-state index in [0.717, 1.165) is 12.5 Å². The van der Waals surface area contributed by atoms with Crippen molar-refractivity contribution < 1.29 is 4.74 Å². The van der Waals surface area contributed by atoms with Crippen molar-refractivity contribution in [3.63, 3.8) is 0 Å². The smallest absolute Gasteiger partial charge is 0.0653 e. The lowest BCUT2D eigenvalue weighted by molar-refractivity contribution is -0.0353. The Balaban J connectivity index is 2.02. The third kappa shape index (κ3) is 1.64. The molecular formula is C15H26O. The van der Waals surface area contributed by atoms with E-state index in [1.165, 1.54) is 24.8 Å². The van der Waals surface area contributed by atoms with Gasteiger partial charge in [-0.2, -0.15) is 0 Å². The molecule has 0 aromatic heterocycles. The first-order chi connectivity index (χ1) is 7.38. The second kappa shape index (κ2) is 3.87. The van der Waals surface area contributed by atoms with Gasteiger partial charge in [0, 0.05) is 0 Å². The van der Waals surface area contributed by atoms with Crippen molar-refractivity contribution in [2.75, 3.05) is 6.61 Å². The molecule has 0 heterocycles. The van der Waals surface area contributed by atoms with Gasteiger partial charge in [0.05, 0.1) is 12.7 Å². The van der Waals surface area contributed by atoms with Crippen molar-refractivity contribution in [3.8, 4) is 0 Å². The molecule has 1 nitrogen and oxygen atoms in total. The molecule has 2 rings (SSSR count). The summed E-state index contributed by atoms with van der Waals surface area (Å²) in [4.78, 5) is 0. The number of allylic oxidation sites excluding steroid dienone is 1. The topological polar surface area (TPSA) is 9.23 Å². The molecule has 0 N–H and O–H groups in total. The Hall–Kier alpha value is -0.300. The molecule has 16 heavy (non-hydrogen) atoms. The molecule has 0 aliphatic heterocycles. The second-order valence-corrected chi connectivity index (χ2v) is 6.71. The van der Waals surface area contributed by atoms with Gasteiger partial charge in [-0.3, -0.25) is 0 Å². The van der Waals surface area contributed by atoms with E-state index in [1.807, 2.05) is 0 Å². The molecular weight excluding hydrogens is 196 g/mol. The van der Waals surface area contributed by atoms with Crippen LogP contribution in [-0.2, 0) is 4.74 Å². The average molecular weight is 222 g/mol. The molecule has 0 spiro atoms. The fraction of sp³-hybridized carbons (Fsp3) is 0.867. The van der Waals surface area contributed by atoms with Gasteiger partial charge in [0.2, 0.25) is 0 Å². The molecule has 0 aromatic carbocycles. The van der Waals surface area contributed by atoms with Gasteiger partial charge < -0.3 is 4.74 Å². The van der Waals surface area contributed by atoms with Crippen LogP contribution < -0.4 is 0 Å². The SMILES string of the molecule is CC(C)=CCO[C@@H]1C[C@@H]2CC[C@]1(C)C2(C)C. The van der Waals surface area contributed by atoms with E-state index in [0.29, 0.717) is 16.9 Å². The lowest BCUT2D eigenvalue weighted by atomic mass is 9.70. The van der Waals surface area contributed by atoms with Crippen molar-refractivity contribution in [2.45, 2.75) is 60.0 Å². The molecule has 2 aliphatic carbocycles. The van der Waals surface area contributed by atoms with Crippen LogP contribution in [0.3, 0.4) is 0 Å². The summed E-state index contributed by atoms with van der Waals surface area (Å²) in [5.41, 5.74) is 2.24. The van der Waals surface area contributed by atoms with Gasteiger partial charge >= 0.3 is 0 Å². The van der Waals surface area contributed by atoms with Crippen LogP contribution in [0.4, 0.5) is 0 Å². The van der Waals surface area contributed by atoms with E-state index >= 15 is 0 Å². The summed E-state index contributed by atoms with van der Waals surface area (Å²) in [7, 11) is 0. The van der Waals surface area contributed by atoms with Crippen LogP contribution in [-0.4, -0.2) is 12.7 Å². The standard InChI is InChI=1S/C15H26O/c1-11(2)7-9-16-13-10-12-6-8-15(13,5)14(12,3)4/h7,12-13H,6,8-10H2,1-5H3/t12-,13+,15-/m0/s1. The van der Waals surface area contributed by atoms with E-state index in [-0.39, 0.29) is 0 Å². The van der Waals surface area contributed by atoms with E-state index < -0.39 is 0 Å². The van der Waals surface area contributed by atoms with Crippen LogP contribution in [0.25, 0.3) is 0 Å². The first kappa shape index (κ1) is 12.2. The molecule has 2 saturated carbocycles. The summed E-state index contributed by atoms with van der Waals surface area (Å²) in [5, 5.41) is 0. The number of hydrogen-bond acceptors (Lipinski definition) is 1. The lowest BCUT2D eigenvalue weighted by Crippen LogP contribution is -2.37. The Kier molecular flexibility index (Phi) is 2.94. The van der Waals surface area contributed by atoms with Gasteiger partial charge in [0.25, 0.3) is 0 Å². The highest BCUT2D eigenvalue weighted by Crippen LogP contribution is 2.66. The predicted molar refractivity (Wildman–Crippen MR) is 68.4 cm³/mol. The first-order valence-electron chi connectivity index (χ1n) is 6.63. The number of hydrogen-bond donors (Lipinski definition) is 0. The van der Waals surface area contributed by atoms with Crippen molar-refractivity contribution in [1.29, 1.82) is 0 Å². The fourth-order valence-corrected chi connectivity index (χ4v) is 3.71. The first-order valence-corrected chi connectivity index (χ1v) is 6.63. The number of rotatable bonds is 3. The largest absolute Gasteiger partial charge is 0.374 e. The van der Waals surface area contributed by atoms with Crippen molar-refractivity contribution in [1.82, 2.24) is 0 Å². The van der Waals surface area contributed by atoms with Gasteiger partial charge in [0.15, 0.2) is 0 Å². The van der Waals surface area contributed by atoms with Crippen LogP contribution in [0, 0.1) is 16.7 Å². The highest BCUT2D eigenvalue weighted by atomic mass is 16.5.